The van der Waals surface area contributed by atoms with E-state index < -0.39 is 0 Å². The van der Waals surface area contributed by atoms with E-state index in [1.165, 1.54) is 16.3 Å². The average molecular weight is 241 g/mol. The van der Waals surface area contributed by atoms with Crippen molar-refractivity contribution in [1.82, 2.24) is 5.32 Å². The molecule has 2 rings (SSSR count). The summed E-state index contributed by atoms with van der Waals surface area (Å²) in [6.07, 6.45) is 2.10. The SMILES string of the molecule is C=CCNCC(O)Cc1cccc2ccccc12. The van der Waals surface area contributed by atoms with Crippen LogP contribution in [0.25, 0.3) is 10.8 Å². The second-order valence-electron chi connectivity index (χ2n) is 4.44. The van der Waals surface area contributed by atoms with Gasteiger partial charge in [0.2, 0.25) is 0 Å². The van der Waals surface area contributed by atoms with Crippen LogP contribution < -0.4 is 5.32 Å². The fourth-order valence-corrected chi connectivity index (χ4v) is 2.15. The first-order valence-corrected chi connectivity index (χ1v) is 6.27. The van der Waals surface area contributed by atoms with Crippen LogP contribution in [0.5, 0.6) is 0 Å². The van der Waals surface area contributed by atoms with Crippen LogP contribution in [0.2, 0.25) is 0 Å². The van der Waals surface area contributed by atoms with Gasteiger partial charge < -0.3 is 10.4 Å². The highest BCUT2D eigenvalue weighted by Gasteiger charge is 2.07. The third kappa shape index (κ3) is 3.19. The Morgan fingerprint density at radius 2 is 1.94 bits per heavy atom. The Kier molecular flexibility index (Phi) is 4.51. The summed E-state index contributed by atoms with van der Waals surface area (Å²) >= 11 is 0. The maximum atomic E-state index is 9.99. The fourth-order valence-electron chi connectivity index (χ4n) is 2.15. The number of fused-ring (bicyclic) bond motifs is 1. The van der Waals surface area contributed by atoms with E-state index in [1.54, 1.807) is 6.08 Å². The summed E-state index contributed by atoms with van der Waals surface area (Å²) in [7, 11) is 0. The van der Waals surface area contributed by atoms with E-state index in [2.05, 4.69) is 36.2 Å². The van der Waals surface area contributed by atoms with Crippen molar-refractivity contribution in [3.63, 3.8) is 0 Å². The minimum absolute atomic E-state index is 0.365. The highest BCUT2D eigenvalue weighted by molar-refractivity contribution is 5.85. The Hall–Kier alpha value is -1.64. The molecule has 2 heteroatoms. The van der Waals surface area contributed by atoms with E-state index in [0.29, 0.717) is 13.0 Å². The molecule has 2 nitrogen and oxygen atoms in total. The molecule has 0 saturated heterocycles. The molecule has 0 aromatic heterocycles. The van der Waals surface area contributed by atoms with Gasteiger partial charge in [0.1, 0.15) is 0 Å². The van der Waals surface area contributed by atoms with Crippen molar-refractivity contribution in [2.45, 2.75) is 12.5 Å². The normalized spacial score (nSPS) is 12.5. The van der Waals surface area contributed by atoms with Crippen molar-refractivity contribution in [3.05, 3.63) is 60.7 Å². The summed E-state index contributed by atoms with van der Waals surface area (Å²) in [4.78, 5) is 0. The molecule has 1 atom stereocenters. The number of hydrogen-bond acceptors (Lipinski definition) is 2. The van der Waals surface area contributed by atoms with E-state index in [1.807, 2.05) is 18.2 Å². The number of aliphatic hydroxyl groups is 1. The zero-order chi connectivity index (χ0) is 12.8. The molecule has 18 heavy (non-hydrogen) atoms. The molecule has 2 aromatic rings. The van der Waals surface area contributed by atoms with Gasteiger partial charge >= 0.3 is 0 Å². The van der Waals surface area contributed by atoms with Gasteiger partial charge in [0.05, 0.1) is 6.10 Å². The largest absolute Gasteiger partial charge is 0.391 e. The van der Waals surface area contributed by atoms with Crippen molar-refractivity contribution in [2.24, 2.45) is 0 Å². The molecule has 0 aliphatic heterocycles. The van der Waals surface area contributed by atoms with E-state index in [4.69, 9.17) is 0 Å². The number of benzene rings is 2. The number of hydrogen-bond donors (Lipinski definition) is 2. The predicted octanol–water partition coefficient (Wildman–Crippen LogP) is 2.52. The first kappa shape index (κ1) is 12.8. The van der Waals surface area contributed by atoms with Gasteiger partial charge in [0.15, 0.2) is 0 Å². The van der Waals surface area contributed by atoms with E-state index in [0.717, 1.165) is 6.54 Å². The molecule has 0 saturated carbocycles. The summed E-state index contributed by atoms with van der Waals surface area (Å²) in [5, 5.41) is 15.6. The monoisotopic (exact) mass is 241 g/mol. The van der Waals surface area contributed by atoms with Crippen LogP contribution in [0.1, 0.15) is 5.56 Å². The summed E-state index contributed by atoms with van der Waals surface area (Å²) in [6.45, 7) is 4.96. The molecule has 0 aliphatic rings. The Bertz CT molecular complexity index is 516. The lowest BCUT2D eigenvalue weighted by atomic mass is 10.00. The molecule has 94 valence electrons. The second-order valence-corrected chi connectivity index (χ2v) is 4.44. The van der Waals surface area contributed by atoms with Crippen LogP contribution in [0, 0.1) is 0 Å². The number of aliphatic hydroxyl groups excluding tert-OH is 1. The van der Waals surface area contributed by atoms with Gasteiger partial charge in [0.25, 0.3) is 0 Å². The first-order valence-electron chi connectivity index (χ1n) is 6.27. The number of rotatable bonds is 6. The molecule has 1 unspecified atom stereocenters. The standard InChI is InChI=1S/C16H19NO/c1-2-10-17-12-15(18)11-14-8-5-7-13-6-3-4-9-16(13)14/h2-9,15,17-18H,1,10-12H2. The van der Waals surface area contributed by atoms with Crippen molar-refractivity contribution in [3.8, 4) is 0 Å². The molecule has 0 spiro atoms. The van der Waals surface area contributed by atoms with Crippen LogP contribution in [-0.2, 0) is 6.42 Å². The number of nitrogens with one attached hydrogen (secondary N) is 1. The van der Waals surface area contributed by atoms with Gasteiger partial charge in [-0.3, -0.25) is 0 Å². The minimum Gasteiger partial charge on any atom is -0.391 e. The van der Waals surface area contributed by atoms with Crippen LogP contribution in [-0.4, -0.2) is 24.3 Å². The molecule has 0 aliphatic carbocycles. The van der Waals surface area contributed by atoms with E-state index in [-0.39, 0.29) is 6.10 Å². The summed E-state index contributed by atoms with van der Waals surface area (Å²) < 4.78 is 0. The fraction of sp³-hybridized carbons (Fsp3) is 0.250. The molecular weight excluding hydrogens is 222 g/mol. The van der Waals surface area contributed by atoms with Gasteiger partial charge in [-0.15, -0.1) is 6.58 Å². The van der Waals surface area contributed by atoms with Crippen LogP contribution in [0.4, 0.5) is 0 Å². The molecule has 0 radical (unpaired) electrons. The molecule has 0 amide bonds. The van der Waals surface area contributed by atoms with Crippen molar-refractivity contribution < 1.29 is 5.11 Å². The average Bonchev–Trinajstić information content (AvgIpc) is 2.39. The van der Waals surface area contributed by atoms with Crippen LogP contribution in [0.15, 0.2) is 55.1 Å². The van der Waals surface area contributed by atoms with Crippen molar-refractivity contribution >= 4 is 10.8 Å². The van der Waals surface area contributed by atoms with Gasteiger partial charge in [-0.2, -0.15) is 0 Å². The quantitative estimate of drug-likeness (QED) is 0.601. The molecule has 2 N–H and O–H groups in total. The third-order valence-electron chi connectivity index (χ3n) is 3.00. The van der Waals surface area contributed by atoms with E-state index >= 15 is 0 Å². The Morgan fingerprint density at radius 1 is 1.17 bits per heavy atom. The Morgan fingerprint density at radius 3 is 2.78 bits per heavy atom. The smallest absolute Gasteiger partial charge is 0.0705 e. The molecule has 0 fully saturated rings. The van der Waals surface area contributed by atoms with Crippen LogP contribution >= 0.6 is 0 Å². The summed E-state index contributed by atoms with van der Waals surface area (Å²) in [5.41, 5.74) is 1.20. The summed E-state index contributed by atoms with van der Waals surface area (Å²) in [5.74, 6) is 0. The molecule has 2 aromatic carbocycles. The second kappa shape index (κ2) is 6.34. The highest BCUT2D eigenvalue weighted by atomic mass is 16.3. The lowest BCUT2D eigenvalue weighted by Crippen LogP contribution is -2.28. The zero-order valence-corrected chi connectivity index (χ0v) is 10.5. The highest BCUT2D eigenvalue weighted by Crippen LogP contribution is 2.19. The van der Waals surface area contributed by atoms with Crippen molar-refractivity contribution in [2.75, 3.05) is 13.1 Å². The lowest BCUT2D eigenvalue weighted by molar-refractivity contribution is 0.174. The third-order valence-corrected chi connectivity index (χ3v) is 3.00. The topological polar surface area (TPSA) is 32.3 Å². The van der Waals surface area contributed by atoms with Crippen molar-refractivity contribution in [1.29, 1.82) is 0 Å². The first-order chi connectivity index (χ1) is 8.81. The minimum atomic E-state index is -0.365. The van der Waals surface area contributed by atoms with Gasteiger partial charge in [-0.1, -0.05) is 48.5 Å². The van der Waals surface area contributed by atoms with Gasteiger partial charge in [-0.05, 0) is 16.3 Å². The maximum absolute atomic E-state index is 9.99. The molecular formula is C16H19NO. The summed E-state index contributed by atoms with van der Waals surface area (Å²) in [6, 6.07) is 14.5. The van der Waals surface area contributed by atoms with Gasteiger partial charge in [-0.25, -0.2) is 0 Å². The maximum Gasteiger partial charge on any atom is 0.0705 e. The molecule has 0 bridgehead atoms. The molecule has 0 heterocycles. The zero-order valence-electron chi connectivity index (χ0n) is 10.5. The predicted molar refractivity (Wildman–Crippen MR) is 76.7 cm³/mol. The van der Waals surface area contributed by atoms with Gasteiger partial charge in [0, 0.05) is 19.5 Å². The lowest BCUT2D eigenvalue weighted by Gasteiger charge is -2.13. The Balaban J connectivity index is 2.09. The van der Waals surface area contributed by atoms with E-state index in [9.17, 15) is 5.11 Å². The Labute approximate surface area is 108 Å². The van der Waals surface area contributed by atoms with Crippen LogP contribution in [0.3, 0.4) is 0 Å².